The van der Waals surface area contributed by atoms with Crippen LogP contribution in [0.4, 0.5) is 13.2 Å². The largest absolute Gasteiger partial charge is 0.457 e. The quantitative estimate of drug-likeness (QED) is 0.194. The number of ether oxygens (including phenoxy) is 1. The van der Waals surface area contributed by atoms with Crippen molar-refractivity contribution in [1.82, 2.24) is 4.90 Å². The molecule has 0 spiro atoms. The van der Waals surface area contributed by atoms with Crippen molar-refractivity contribution < 1.29 is 31.9 Å². The van der Waals surface area contributed by atoms with Gasteiger partial charge in [0.2, 0.25) is 0 Å². The number of hydrogen-bond donors (Lipinski definition) is 0. The maximum atomic E-state index is 14.5. The van der Waals surface area contributed by atoms with Gasteiger partial charge in [0, 0.05) is 0 Å². The van der Waals surface area contributed by atoms with Gasteiger partial charge in [0.05, 0.1) is 18.7 Å². The molecule has 0 radical (unpaired) electrons. The molecule has 3 aromatic carbocycles. The van der Waals surface area contributed by atoms with Crippen molar-refractivity contribution in [2.45, 2.75) is 38.3 Å². The Bertz CT molecular complexity index is 1270. The first-order valence-electron chi connectivity index (χ1n) is 12.3. The maximum Gasteiger partial charge on any atom is 0.397 e. The molecule has 0 aromatic heterocycles. The second-order valence-electron chi connectivity index (χ2n) is 10.6. The third-order valence-corrected chi connectivity index (χ3v) is 12.1. The Morgan fingerprint density at radius 3 is 1.84 bits per heavy atom. The first-order valence-corrected chi connectivity index (χ1v) is 14.2. The maximum absolute atomic E-state index is 14.5. The van der Waals surface area contributed by atoms with E-state index in [1.54, 1.807) is 6.92 Å². The number of rotatable bonds is 7. The predicted molar refractivity (Wildman–Crippen MR) is 140 cm³/mol. The zero-order valence-electron chi connectivity index (χ0n) is 21.8. The molecule has 0 aliphatic carbocycles. The lowest BCUT2D eigenvalue weighted by Crippen LogP contribution is -2.68. The van der Waals surface area contributed by atoms with Gasteiger partial charge in [0.25, 0.3) is 8.32 Å². The minimum atomic E-state index is -3.15. The van der Waals surface area contributed by atoms with Crippen LogP contribution in [0.3, 0.4) is 0 Å². The Morgan fingerprint density at radius 1 is 0.868 bits per heavy atom. The van der Waals surface area contributed by atoms with Crippen LogP contribution in [-0.4, -0.2) is 44.9 Å². The van der Waals surface area contributed by atoms with E-state index in [0.717, 1.165) is 22.5 Å². The Kier molecular flexibility index (Phi) is 7.54. The zero-order chi connectivity index (χ0) is 27.7. The third-order valence-electron chi connectivity index (χ3n) is 7.16. The molecule has 0 saturated carbocycles. The molecule has 38 heavy (non-hydrogen) atoms. The van der Waals surface area contributed by atoms with E-state index in [9.17, 15) is 22.8 Å². The third kappa shape index (κ3) is 4.76. The van der Waals surface area contributed by atoms with Gasteiger partial charge >= 0.3 is 11.9 Å². The number of nitrogens with zero attached hydrogens (tertiary/aromatic N) is 1. The molecule has 1 heterocycles. The van der Waals surface area contributed by atoms with Crippen LogP contribution in [0.2, 0.25) is 5.04 Å². The van der Waals surface area contributed by atoms with Crippen LogP contribution in [-0.2, 0) is 24.3 Å². The number of carbonyl (C=O) groups is 2. The Hall–Kier alpha value is -3.43. The highest BCUT2D eigenvalue weighted by Crippen LogP contribution is 2.40. The normalized spacial score (nSPS) is 16.2. The molecule has 3 aromatic rings. The minimum Gasteiger partial charge on any atom is -0.457 e. The van der Waals surface area contributed by atoms with E-state index in [-0.39, 0.29) is 25.3 Å². The van der Waals surface area contributed by atoms with E-state index in [2.05, 4.69) is 20.8 Å². The molecule has 0 N–H and O–H groups in total. The molecule has 1 amide bonds. The fraction of sp³-hybridized carbons (Fsp3) is 0.310. The first kappa shape index (κ1) is 27.6. The molecule has 1 saturated heterocycles. The number of hydrogen-bond acceptors (Lipinski definition) is 4. The number of morpholine rings is 1. The Labute approximate surface area is 221 Å². The predicted octanol–water partition coefficient (Wildman–Crippen LogP) is 4.28. The van der Waals surface area contributed by atoms with Gasteiger partial charge in [-0.2, -0.15) is 0 Å². The smallest absolute Gasteiger partial charge is 0.397 e. The van der Waals surface area contributed by atoms with E-state index >= 15 is 0 Å². The lowest BCUT2D eigenvalue weighted by molar-refractivity contribution is -0.172. The molecule has 1 aliphatic heterocycles. The number of esters is 1. The lowest BCUT2D eigenvalue weighted by atomic mass is 9.90. The van der Waals surface area contributed by atoms with Crippen molar-refractivity contribution in [3.8, 4) is 0 Å². The average molecular weight is 542 g/mol. The summed E-state index contributed by atoms with van der Waals surface area (Å²) in [5.74, 6) is -6.45. The van der Waals surface area contributed by atoms with Crippen LogP contribution >= 0.6 is 0 Å². The molecule has 4 rings (SSSR count). The van der Waals surface area contributed by atoms with Crippen LogP contribution in [0.25, 0.3) is 0 Å². The molecule has 200 valence electrons. The van der Waals surface area contributed by atoms with E-state index < -0.39 is 48.2 Å². The number of carbonyl (C=O) groups excluding carboxylic acids is 2. The lowest BCUT2D eigenvalue weighted by Gasteiger charge is -2.48. The molecule has 1 atom stereocenters. The average Bonchev–Trinajstić information content (AvgIpc) is 2.89. The fourth-order valence-corrected chi connectivity index (χ4v) is 9.82. The second-order valence-corrected chi connectivity index (χ2v) is 14.9. The molecule has 9 heteroatoms. The van der Waals surface area contributed by atoms with Crippen LogP contribution in [0.15, 0.2) is 72.8 Å². The molecule has 5 nitrogen and oxygen atoms in total. The summed E-state index contributed by atoms with van der Waals surface area (Å²) in [6, 6.07) is 21.1. The van der Waals surface area contributed by atoms with Crippen LogP contribution in [0.5, 0.6) is 0 Å². The summed E-state index contributed by atoms with van der Waals surface area (Å²) in [6.45, 7) is 7.43. The van der Waals surface area contributed by atoms with Crippen LogP contribution < -0.4 is 10.4 Å². The summed E-state index contributed by atoms with van der Waals surface area (Å²) in [6.07, 6.45) is 0. The highest BCUT2D eigenvalue weighted by molar-refractivity contribution is 6.99. The minimum absolute atomic E-state index is 0.0220. The molecule has 1 fully saturated rings. The first-order chi connectivity index (χ1) is 17.9. The molecular formula is C29H30F3NO4Si. The second kappa shape index (κ2) is 10.4. The van der Waals surface area contributed by atoms with Gasteiger partial charge in [-0.15, -0.1) is 0 Å². The van der Waals surface area contributed by atoms with Crippen LogP contribution in [0.1, 0.15) is 33.3 Å². The Morgan fingerprint density at radius 2 is 1.37 bits per heavy atom. The van der Waals surface area contributed by atoms with Gasteiger partial charge in [-0.1, -0.05) is 81.4 Å². The van der Waals surface area contributed by atoms with Gasteiger partial charge < -0.3 is 14.1 Å². The number of benzene rings is 3. The number of halogens is 3. The highest BCUT2D eigenvalue weighted by Gasteiger charge is 2.53. The Balaban J connectivity index is 1.91. The zero-order valence-corrected chi connectivity index (χ0v) is 22.8. The van der Waals surface area contributed by atoms with Crippen LogP contribution in [0, 0.1) is 17.5 Å². The summed E-state index contributed by atoms with van der Waals surface area (Å²) < 4.78 is 54.7. The van der Waals surface area contributed by atoms with Gasteiger partial charge in [0.15, 0.2) is 17.5 Å². The topological polar surface area (TPSA) is 55.8 Å². The van der Waals surface area contributed by atoms with E-state index in [0.29, 0.717) is 0 Å². The van der Waals surface area contributed by atoms with E-state index in [1.165, 1.54) is 4.90 Å². The molecular weight excluding hydrogens is 511 g/mol. The van der Waals surface area contributed by atoms with E-state index in [1.807, 2.05) is 60.7 Å². The summed E-state index contributed by atoms with van der Waals surface area (Å²) in [4.78, 5) is 26.4. The highest BCUT2D eigenvalue weighted by atomic mass is 28.4. The van der Waals surface area contributed by atoms with Crippen molar-refractivity contribution in [1.29, 1.82) is 0 Å². The standard InChI is InChI=1S/C29H30F3NO4Si/c1-28(2,3)38(21-11-7-5-8-12-21,22-13-9-6-10-14-22)37-19-29(4,33-15-16-36-27(35)26(33)34)20-17-23(30)25(32)24(31)18-20/h5-14,17-18H,15-16,19H2,1-4H3/t29-/m1/s1. The summed E-state index contributed by atoms with van der Waals surface area (Å²) in [7, 11) is -3.15. The van der Waals surface area contributed by atoms with Crippen molar-refractivity contribution >= 4 is 30.6 Å². The monoisotopic (exact) mass is 541 g/mol. The van der Waals surface area contributed by atoms with Crippen molar-refractivity contribution in [2.75, 3.05) is 19.8 Å². The van der Waals surface area contributed by atoms with Gasteiger partial charge in [-0.3, -0.25) is 4.79 Å². The summed E-state index contributed by atoms with van der Waals surface area (Å²) in [5, 5.41) is 1.49. The SMILES string of the molecule is CC(C)(C)[Si](OC[C@](C)(c1cc(F)c(F)c(F)c1)N1CCOC(=O)C1=O)(c1ccccc1)c1ccccc1. The molecule has 0 unspecified atom stereocenters. The van der Waals surface area contributed by atoms with Crippen molar-refractivity contribution in [3.05, 3.63) is 95.8 Å². The van der Waals surface area contributed by atoms with Gasteiger partial charge in [-0.05, 0) is 40.0 Å². The summed E-state index contributed by atoms with van der Waals surface area (Å²) >= 11 is 0. The van der Waals surface area contributed by atoms with Gasteiger partial charge in [0.1, 0.15) is 6.61 Å². The molecule has 1 aliphatic rings. The number of cyclic esters (lactones) is 1. The summed E-state index contributed by atoms with van der Waals surface area (Å²) in [5.41, 5.74) is -1.56. The number of amides is 1. The van der Waals surface area contributed by atoms with Crippen molar-refractivity contribution in [2.24, 2.45) is 0 Å². The van der Waals surface area contributed by atoms with E-state index in [4.69, 9.17) is 9.16 Å². The fourth-order valence-electron chi connectivity index (χ4n) is 5.17. The van der Waals surface area contributed by atoms with Gasteiger partial charge in [-0.25, -0.2) is 18.0 Å². The molecule has 0 bridgehead atoms. The van der Waals surface area contributed by atoms with Crippen molar-refractivity contribution in [3.63, 3.8) is 0 Å².